The van der Waals surface area contributed by atoms with Gasteiger partial charge < -0.3 is 10.4 Å². The number of aryl methyl sites for hydroxylation is 1. The Morgan fingerprint density at radius 3 is 2.45 bits per heavy atom. The van der Waals surface area contributed by atoms with Crippen molar-refractivity contribution in [2.75, 3.05) is 6.54 Å². The van der Waals surface area contributed by atoms with Crippen LogP contribution in [0, 0.1) is 23.7 Å². The topological polar surface area (TPSA) is 91.1 Å². The fourth-order valence-corrected chi connectivity index (χ4v) is 6.76. The molecule has 6 nitrogen and oxygen atoms in total. The van der Waals surface area contributed by atoms with Crippen LogP contribution in [-0.4, -0.2) is 35.6 Å². The number of carbonyl (C=O) groups is 2. The predicted molar refractivity (Wildman–Crippen MR) is 154 cm³/mol. The van der Waals surface area contributed by atoms with E-state index in [1.54, 1.807) is 0 Å². The Kier molecular flexibility index (Phi) is 10.7. The Morgan fingerprint density at radius 2 is 1.71 bits per heavy atom. The van der Waals surface area contributed by atoms with Crippen molar-refractivity contribution >= 4 is 23.9 Å². The van der Waals surface area contributed by atoms with Crippen LogP contribution in [0.3, 0.4) is 0 Å². The number of amidine groups is 1. The zero-order valence-electron chi connectivity index (χ0n) is 23.0. The molecule has 2 fully saturated rings. The first-order chi connectivity index (χ1) is 18.5. The zero-order chi connectivity index (χ0) is 26.7. The molecule has 38 heavy (non-hydrogen) atoms. The quantitative estimate of drug-likeness (QED) is 0.336. The fourth-order valence-electron chi connectivity index (χ4n) is 6.76. The zero-order valence-corrected chi connectivity index (χ0v) is 23.0. The average molecular weight is 520 g/mol. The number of aliphatic carboxylic acids is 1. The summed E-state index contributed by atoms with van der Waals surface area (Å²) in [7, 11) is 0. The van der Waals surface area contributed by atoms with Gasteiger partial charge in [0, 0.05) is 30.8 Å². The molecule has 0 saturated heterocycles. The first kappa shape index (κ1) is 28.3. The number of rotatable bonds is 10. The summed E-state index contributed by atoms with van der Waals surface area (Å²) in [6.07, 6.45) is 21.1. The number of nitrogens with zero attached hydrogens (tertiary/aromatic N) is 2. The molecule has 1 aliphatic heterocycles. The van der Waals surface area contributed by atoms with Gasteiger partial charge in [0.15, 0.2) is 5.84 Å². The monoisotopic (exact) mass is 519 g/mol. The molecule has 2 aliphatic carbocycles. The molecular formula is C32H45N3O3. The summed E-state index contributed by atoms with van der Waals surface area (Å²) in [5.41, 5.74) is 3.43. The Hall–Kier alpha value is -2.76. The molecule has 2 unspecified atom stereocenters. The van der Waals surface area contributed by atoms with E-state index >= 15 is 0 Å². The summed E-state index contributed by atoms with van der Waals surface area (Å²) in [6.45, 7) is 1.99. The van der Waals surface area contributed by atoms with Crippen molar-refractivity contribution in [1.82, 2.24) is 5.32 Å². The van der Waals surface area contributed by atoms with Crippen molar-refractivity contribution in [2.45, 2.75) is 96.8 Å². The molecule has 1 amide bonds. The van der Waals surface area contributed by atoms with Crippen molar-refractivity contribution in [3.63, 3.8) is 0 Å². The van der Waals surface area contributed by atoms with Gasteiger partial charge in [-0.05, 0) is 73.3 Å². The minimum Gasteiger partial charge on any atom is -0.480 e. The summed E-state index contributed by atoms with van der Waals surface area (Å²) in [6, 6.07) is 8.00. The Balaban J connectivity index is 1.29. The number of carboxylic acid groups (broad SMARTS) is 1. The first-order valence-corrected chi connectivity index (χ1v) is 14.9. The Morgan fingerprint density at radius 1 is 0.974 bits per heavy atom. The fraction of sp³-hybridized carbons (Fsp3) is 0.625. The van der Waals surface area contributed by atoms with Crippen LogP contribution < -0.4 is 5.32 Å². The van der Waals surface area contributed by atoms with Gasteiger partial charge in [-0.25, -0.2) is 9.98 Å². The molecule has 0 radical (unpaired) electrons. The van der Waals surface area contributed by atoms with Crippen LogP contribution in [0.4, 0.5) is 0 Å². The van der Waals surface area contributed by atoms with Crippen LogP contribution >= 0.6 is 0 Å². The van der Waals surface area contributed by atoms with E-state index in [9.17, 15) is 9.59 Å². The van der Waals surface area contributed by atoms with Crippen molar-refractivity contribution in [2.24, 2.45) is 33.7 Å². The van der Waals surface area contributed by atoms with Crippen molar-refractivity contribution in [1.29, 1.82) is 0 Å². The number of allylic oxidation sites excluding steroid dienone is 1. The van der Waals surface area contributed by atoms with Gasteiger partial charge in [-0.1, -0.05) is 69.7 Å². The Bertz CT molecular complexity index is 1020. The highest BCUT2D eigenvalue weighted by Crippen LogP contribution is 2.42. The molecule has 3 aliphatic rings. The summed E-state index contributed by atoms with van der Waals surface area (Å²) in [5, 5.41) is 11.1. The normalized spacial score (nSPS) is 26.0. The van der Waals surface area contributed by atoms with Crippen molar-refractivity contribution in [3.05, 3.63) is 47.2 Å². The van der Waals surface area contributed by atoms with Crippen LogP contribution in [-0.2, 0) is 16.0 Å². The number of aliphatic imine (C=N–C) groups is 2. The molecule has 0 bridgehead atoms. The van der Waals surface area contributed by atoms with E-state index in [1.165, 1.54) is 76.2 Å². The smallest absolute Gasteiger partial charge is 0.322 e. The number of amides is 1. The summed E-state index contributed by atoms with van der Waals surface area (Å²) in [5.74, 6) is 2.94. The molecule has 206 valence electrons. The predicted octanol–water partition coefficient (Wildman–Crippen LogP) is 6.73. The average Bonchev–Trinajstić information content (AvgIpc) is 3.33. The maximum Gasteiger partial charge on any atom is 0.322 e. The lowest BCUT2D eigenvalue weighted by Gasteiger charge is -2.33. The van der Waals surface area contributed by atoms with Crippen LogP contribution in [0.2, 0.25) is 0 Å². The molecule has 2 atom stereocenters. The van der Waals surface area contributed by atoms with Crippen LogP contribution in [0.5, 0.6) is 0 Å². The maximum atomic E-state index is 11.8. The van der Waals surface area contributed by atoms with Crippen LogP contribution in [0.1, 0.15) is 102 Å². The highest BCUT2D eigenvalue weighted by molar-refractivity contribution is 6.04. The van der Waals surface area contributed by atoms with E-state index < -0.39 is 5.97 Å². The van der Waals surface area contributed by atoms with Gasteiger partial charge >= 0.3 is 5.97 Å². The number of hydrogen-bond donors (Lipinski definition) is 2. The molecule has 2 saturated carbocycles. The van der Waals surface area contributed by atoms with Gasteiger partial charge in [0.05, 0.1) is 0 Å². The second kappa shape index (κ2) is 14.4. The van der Waals surface area contributed by atoms with Gasteiger partial charge in [-0.15, -0.1) is 0 Å². The van der Waals surface area contributed by atoms with E-state index in [0.29, 0.717) is 12.3 Å². The van der Waals surface area contributed by atoms with E-state index in [0.717, 1.165) is 41.1 Å². The van der Waals surface area contributed by atoms with Gasteiger partial charge in [0.1, 0.15) is 6.54 Å². The minimum absolute atomic E-state index is 0.254. The van der Waals surface area contributed by atoms with Crippen LogP contribution in [0.15, 0.2) is 46.0 Å². The van der Waals surface area contributed by atoms with E-state index in [4.69, 9.17) is 10.1 Å². The lowest BCUT2D eigenvalue weighted by molar-refractivity contribution is -0.137. The van der Waals surface area contributed by atoms with E-state index in [1.807, 2.05) is 30.5 Å². The second-order valence-corrected chi connectivity index (χ2v) is 11.6. The standard InChI is InChI=1S/C32H45N3O3/c1-2-4-23-7-12-27(13-8-23)25-5-3-6-26(17-16-25)29-19-20-33-32(35-21-29)28-14-9-24(10-15-28)11-18-30(36)34-22-31(37)38/h9-10,14-15,20-21,23,25-27H,2-8,11-13,16-19,22H2,1H3,(H,34,36)(H,37,38). The molecule has 1 aromatic rings. The number of nitrogens with one attached hydrogen (secondary N) is 1. The van der Waals surface area contributed by atoms with Crippen molar-refractivity contribution in [3.8, 4) is 0 Å². The molecular weight excluding hydrogens is 474 g/mol. The van der Waals surface area contributed by atoms with Gasteiger partial charge in [-0.3, -0.25) is 9.59 Å². The highest BCUT2D eigenvalue weighted by atomic mass is 16.4. The summed E-state index contributed by atoms with van der Waals surface area (Å²) < 4.78 is 0. The lowest BCUT2D eigenvalue weighted by Crippen LogP contribution is -2.29. The molecule has 0 spiro atoms. The van der Waals surface area contributed by atoms with Crippen LogP contribution in [0.25, 0.3) is 0 Å². The number of benzene rings is 1. The van der Waals surface area contributed by atoms with Gasteiger partial charge in [0.25, 0.3) is 0 Å². The van der Waals surface area contributed by atoms with Crippen molar-refractivity contribution < 1.29 is 14.7 Å². The maximum absolute atomic E-state index is 11.8. The van der Waals surface area contributed by atoms with E-state index in [2.05, 4.69) is 23.4 Å². The molecule has 4 rings (SSSR count). The highest BCUT2D eigenvalue weighted by Gasteiger charge is 2.30. The SMILES string of the molecule is CCCC1CCC(C2CCCC(C3=CN=C(c4ccc(CCC(=O)NCC(=O)O)cc4)N=CC3)CC2)CC1. The van der Waals surface area contributed by atoms with Gasteiger partial charge in [-0.2, -0.15) is 0 Å². The number of carboxylic acids is 1. The third-order valence-electron chi connectivity index (χ3n) is 8.98. The molecule has 2 N–H and O–H groups in total. The largest absolute Gasteiger partial charge is 0.480 e. The molecule has 0 aromatic heterocycles. The van der Waals surface area contributed by atoms with Gasteiger partial charge in [0.2, 0.25) is 5.91 Å². The lowest BCUT2D eigenvalue weighted by atomic mass is 9.72. The molecule has 1 heterocycles. The van der Waals surface area contributed by atoms with E-state index in [-0.39, 0.29) is 18.9 Å². The summed E-state index contributed by atoms with van der Waals surface area (Å²) >= 11 is 0. The third-order valence-corrected chi connectivity index (χ3v) is 8.98. The second-order valence-electron chi connectivity index (χ2n) is 11.6. The summed E-state index contributed by atoms with van der Waals surface area (Å²) in [4.78, 5) is 31.8. The molecule has 6 heteroatoms. The number of carbonyl (C=O) groups excluding carboxylic acids is 1. The number of hydrogen-bond acceptors (Lipinski definition) is 4. The third kappa shape index (κ3) is 8.37. The first-order valence-electron chi connectivity index (χ1n) is 14.9. The minimum atomic E-state index is -1.03. The molecule has 1 aromatic carbocycles. The Labute approximate surface area is 228 Å².